The molecule has 2 amide bonds. The van der Waals surface area contributed by atoms with Gasteiger partial charge in [0.2, 0.25) is 0 Å². The number of amides is 2. The first-order valence-corrected chi connectivity index (χ1v) is 9.09. The molecule has 3 nitrogen and oxygen atoms in total. The minimum atomic E-state index is 0.138. The first kappa shape index (κ1) is 15.3. The second-order valence-corrected chi connectivity index (χ2v) is 6.78. The van der Waals surface area contributed by atoms with E-state index in [9.17, 15) is 4.79 Å². The van der Waals surface area contributed by atoms with E-state index in [2.05, 4.69) is 36.4 Å². The van der Waals surface area contributed by atoms with Crippen LogP contribution in [-0.2, 0) is 12.8 Å². The molecule has 2 aliphatic rings. The number of benzene rings is 2. The smallest absolute Gasteiger partial charge is 0.324 e. The van der Waals surface area contributed by atoms with E-state index in [-0.39, 0.29) is 6.03 Å². The Kier molecular flexibility index (Phi) is 4.24. The highest BCUT2D eigenvalue weighted by atomic mass is 16.2. The Hall–Kier alpha value is -2.29. The second kappa shape index (κ2) is 6.68. The molecule has 2 aromatic rings. The lowest BCUT2D eigenvalue weighted by atomic mass is 10.0. The van der Waals surface area contributed by atoms with Gasteiger partial charge in [-0.2, -0.15) is 0 Å². The maximum atomic E-state index is 13.4. The molecule has 2 heterocycles. The minimum absolute atomic E-state index is 0.138. The largest absolute Gasteiger partial charge is 0.329 e. The molecule has 0 unspecified atom stereocenters. The SMILES string of the molecule is O=C(N1CCCCCC1)N1c2ccccc2CCc2ccccc21. The molecule has 0 saturated carbocycles. The van der Waals surface area contributed by atoms with Gasteiger partial charge >= 0.3 is 6.03 Å². The Labute approximate surface area is 143 Å². The molecule has 0 bridgehead atoms. The zero-order valence-electron chi connectivity index (χ0n) is 14.1. The van der Waals surface area contributed by atoms with Gasteiger partial charge in [-0.25, -0.2) is 4.79 Å². The van der Waals surface area contributed by atoms with Gasteiger partial charge in [0.15, 0.2) is 0 Å². The molecule has 0 radical (unpaired) electrons. The minimum Gasteiger partial charge on any atom is -0.324 e. The summed E-state index contributed by atoms with van der Waals surface area (Å²) in [5.74, 6) is 0. The third-order valence-corrected chi connectivity index (χ3v) is 5.20. The lowest BCUT2D eigenvalue weighted by Gasteiger charge is -2.31. The van der Waals surface area contributed by atoms with Crippen molar-refractivity contribution in [2.24, 2.45) is 0 Å². The van der Waals surface area contributed by atoms with E-state index in [1.54, 1.807) is 0 Å². The lowest BCUT2D eigenvalue weighted by molar-refractivity contribution is 0.209. The fraction of sp³-hybridized carbons (Fsp3) is 0.381. The number of aryl methyl sites for hydroxylation is 2. The molecule has 2 aromatic carbocycles. The quantitative estimate of drug-likeness (QED) is 0.676. The molecule has 0 spiro atoms. The monoisotopic (exact) mass is 320 g/mol. The number of hydrogen-bond donors (Lipinski definition) is 0. The molecular weight excluding hydrogens is 296 g/mol. The number of fused-ring (bicyclic) bond motifs is 2. The number of urea groups is 1. The van der Waals surface area contributed by atoms with Crippen molar-refractivity contribution in [3.63, 3.8) is 0 Å². The molecule has 0 atom stereocenters. The molecule has 24 heavy (non-hydrogen) atoms. The van der Waals surface area contributed by atoms with Gasteiger partial charge in [0, 0.05) is 13.1 Å². The van der Waals surface area contributed by atoms with Crippen LogP contribution in [0.4, 0.5) is 16.2 Å². The van der Waals surface area contributed by atoms with E-state index in [1.807, 2.05) is 21.9 Å². The number of hydrogen-bond acceptors (Lipinski definition) is 1. The fourth-order valence-corrected chi connectivity index (χ4v) is 3.89. The molecule has 4 rings (SSSR count). The van der Waals surface area contributed by atoms with Crippen molar-refractivity contribution < 1.29 is 4.79 Å². The van der Waals surface area contributed by atoms with E-state index in [0.29, 0.717) is 0 Å². The molecule has 3 heteroatoms. The number of carbonyl (C=O) groups excluding carboxylic acids is 1. The van der Waals surface area contributed by atoms with Crippen LogP contribution in [0.15, 0.2) is 48.5 Å². The lowest BCUT2D eigenvalue weighted by Crippen LogP contribution is -2.41. The van der Waals surface area contributed by atoms with Crippen LogP contribution in [0.5, 0.6) is 0 Å². The zero-order chi connectivity index (χ0) is 16.4. The van der Waals surface area contributed by atoms with Crippen LogP contribution in [0.1, 0.15) is 36.8 Å². The number of nitrogens with zero attached hydrogens (tertiary/aromatic N) is 2. The Morgan fingerprint density at radius 1 is 0.708 bits per heavy atom. The number of rotatable bonds is 0. The van der Waals surface area contributed by atoms with Crippen molar-refractivity contribution in [3.05, 3.63) is 59.7 Å². The maximum Gasteiger partial charge on any atom is 0.329 e. The summed E-state index contributed by atoms with van der Waals surface area (Å²) in [4.78, 5) is 17.4. The third kappa shape index (κ3) is 2.79. The van der Waals surface area contributed by atoms with Crippen LogP contribution in [0.2, 0.25) is 0 Å². The Bertz CT molecular complexity index is 685. The Morgan fingerprint density at radius 3 is 1.75 bits per heavy atom. The summed E-state index contributed by atoms with van der Waals surface area (Å²) in [6, 6.07) is 16.9. The van der Waals surface area contributed by atoms with Crippen molar-refractivity contribution in [2.75, 3.05) is 18.0 Å². The van der Waals surface area contributed by atoms with E-state index >= 15 is 0 Å². The van der Waals surface area contributed by atoms with E-state index in [4.69, 9.17) is 0 Å². The van der Waals surface area contributed by atoms with Gasteiger partial charge in [-0.05, 0) is 48.9 Å². The van der Waals surface area contributed by atoms with Gasteiger partial charge in [0.25, 0.3) is 0 Å². The molecule has 0 aliphatic carbocycles. The second-order valence-electron chi connectivity index (χ2n) is 6.78. The average molecular weight is 320 g/mol. The van der Waals surface area contributed by atoms with Crippen LogP contribution in [0, 0.1) is 0 Å². The number of para-hydroxylation sites is 2. The first-order chi connectivity index (χ1) is 11.8. The van der Waals surface area contributed by atoms with E-state index in [1.165, 1.54) is 24.0 Å². The summed E-state index contributed by atoms with van der Waals surface area (Å²) in [5, 5.41) is 0. The molecule has 0 aromatic heterocycles. The number of likely N-dealkylation sites (tertiary alicyclic amines) is 1. The van der Waals surface area contributed by atoms with Crippen LogP contribution < -0.4 is 4.90 Å². The number of anilines is 2. The van der Waals surface area contributed by atoms with Gasteiger partial charge in [-0.1, -0.05) is 49.2 Å². The number of carbonyl (C=O) groups is 1. The summed E-state index contributed by atoms with van der Waals surface area (Å²) < 4.78 is 0. The van der Waals surface area contributed by atoms with Crippen molar-refractivity contribution in [1.82, 2.24) is 4.90 Å². The van der Waals surface area contributed by atoms with Crippen molar-refractivity contribution in [2.45, 2.75) is 38.5 Å². The summed E-state index contributed by atoms with van der Waals surface area (Å²) in [7, 11) is 0. The van der Waals surface area contributed by atoms with E-state index < -0.39 is 0 Å². The van der Waals surface area contributed by atoms with Crippen molar-refractivity contribution >= 4 is 17.4 Å². The van der Waals surface area contributed by atoms with Gasteiger partial charge in [0.05, 0.1) is 11.4 Å². The predicted octanol–water partition coefficient (Wildman–Crippen LogP) is 4.92. The van der Waals surface area contributed by atoms with Gasteiger partial charge in [-0.15, -0.1) is 0 Å². The van der Waals surface area contributed by atoms with Gasteiger partial charge in [-0.3, -0.25) is 4.90 Å². The molecule has 2 aliphatic heterocycles. The maximum absolute atomic E-state index is 13.4. The summed E-state index contributed by atoms with van der Waals surface area (Å²) in [6.07, 6.45) is 6.66. The van der Waals surface area contributed by atoms with Crippen LogP contribution in [0.25, 0.3) is 0 Å². The van der Waals surface area contributed by atoms with Crippen LogP contribution in [0.3, 0.4) is 0 Å². The van der Waals surface area contributed by atoms with E-state index in [0.717, 1.165) is 50.1 Å². The molecular formula is C21H24N2O. The van der Waals surface area contributed by atoms with Gasteiger partial charge < -0.3 is 4.90 Å². The standard InChI is InChI=1S/C21H24N2O/c24-21(22-15-7-1-2-8-16-22)23-19-11-5-3-9-17(19)13-14-18-10-4-6-12-20(18)23/h3-6,9-12H,1-2,7-8,13-16H2. The predicted molar refractivity (Wildman–Crippen MR) is 97.9 cm³/mol. The highest BCUT2D eigenvalue weighted by Crippen LogP contribution is 2.36. The zero-order valence-corrected chi connectivity index (χ0v) is 14.1. The van der Waals surface area contributed by atoms with Crippen LogP contribution >= 0.6 is 0 Å². The summed E-state index contributed by atoms with van der Waals surface area (Å²) >= 11 is 0. The highest BCUT2D eigenvalue weighted by Gasteiger charge is 2.29. The fourth-order valence-electron chi connectivity index (χ4n) is 3.89. The topological polar surface area (TPSA) is 23.6 Å². The third-order valence-electron chi connectivity index (χ3n) is 5.20. The Morgan fingerprint density at radius 2 is 1.21 bits per heavy atom. The first-order valence-electron chi connectivity index (χ1n) is 9.09. The van der Waals surface area contributed by atoms with Gasteiger partial charge in [0.1, 0.15) is 0 Å². The highest BCUT2D eigenvalue weighted by molar-refractivity contribution is 6.01. The summed E-state index contributed by atoms with van der Waals surface area (Å²) in [5.41, 5.74) is 4.63. The summed E-state index contributed by atoms with van der Waals surface area (Å²) in [6.45, 7) is 1.75. The Balaban J connectivity index is 1.79. The van der Waals surface area contributed by atoms with Crippen molar-refractivity contribution in [1.29, 1.82) is 0 Å². The molecule has 124 valence electrons. The molecule has 1 saturated heterocycles. The van der Waals surface area contributed by atoms with Crippen LogP contribution in [-0.4, -0.2) is 24.0 Å². The molecule has 0 N–H and O–H groups in total. The average Bonchev–Trinajstić information content (AvgIpc) is 2.99. The van der Waals surface area contributed by atoms with Crippen molar-refractivity contribution in [3.8, 4) is 0 Å². The molecule has 1 fully saturated rings. The normalized spacial score (nSPS) is 17.5.